The zero-order chi connectivity index (χ0) is 11.4. The van der Waals surface area contributed by atoms with Crippen molar-refractivity contribution in [2.75, 3.05) is 5.73 Å². The minimum Gasteiger partial charge on any atom is -0.396 e. The van der Waals surface area contributed by atoms with E-state index < -0.39 is 0 Å². The third-order valence-corrected chi connectivity index (χ3v) is 3.17. The van der Waals surface area contributed by atoms with Gasteiger partial charge in [-0.2, -0.15) is 0 Å². The van der Waals surface area contributed by atoms with Gasteiger partial charge in [0, 0.05) is 23.0 Å². The van der Waals surface area contributed by atoms with E-state index in [-0.39, 0.29) is 11.5 Å². The van der Waals surface area contributed by atoms with Crippen molar-refractivity contribution in [3.63, 3.8) is 0 Å². The molecule has 0 saturated carbocycles. The molecule has 2 rings (SSSR count). The molecular weight excluding hydrogens is 223 g/mol. The van der Waals surface area contributed by atoms with Crippen LogP contribution in [-0.2, 0) is 5.75 Å². The SMILES string of the molecule is Nc1ccc(SCc2cccnc2)cc1F. The first kappa shape index (κ1) is 11.0. The van der Waals surface area contributed by atoms with Gasteiger partial charge >= 0.3 is 0 Å². The number of nitrogen functional groups attached to an aromatic ring is 1. The van der Waals surface area contributed by atoms with Crippen LogP contribution < -0.4 is 5.73 Å². The number of hydrogen-bond acceptors (Lipinski definition) is 3. The lowest BCUT2D eigenvalue weighted by Crippen LogP contribution is -1.90. The van der Waals surface area contributed by atoms with E-state index in [1.165, 1.54) is 6.07 Å². The highest BCUT2D eigenvalue weighted by Gasteiger charge is 2.01. The zero-order valence-electron chi connectivity index (χ0n) is 8.56. The molecule has 0 spiro atoms. The minimum absolute atomic E-state index is 0.186. The molecule has 0 aliphatic heterocycles. The van der Waals surface area contributed by atoms with Crippen LogP contribution >= 0.6 is 11.8 Å². The second-order valence-corrected chi connectivity index (χ2v) is 4.38. The summed E-state index contributed by atoms with van der Waals surface area (Å²) in [5.41, 5.74) is 6.70. The number of pyridine rings is 1. The van der Waals surface area contributed by atoms with Crippen molar-refractivity contribution in [3.8, 4) is 0 Å². The van der Waals surface area contributed by atoms with Gasteiger partial charge in [0.25, 0.3) is 0 Å². The Morgan fingerprint density at radius 1 is 1.31 bits per heavy atom. The summed E-state index contributed by atoms with van der Waals surface area (Å²) >= 11 is 1.56. The molecule has 82 valence electrons. The van der Waals surface area contributed by atoms with E-state index in [0.717, 1.165) is 16.2 Å². The third kappa shape index (κ3) is 2.73. The molecule has 0 fully saturated rings. The van der Waals surface area contributed by atoms with Crippen molar-refractivity contribution < 1.29 is 4.39 Å². The summed E-state index contributed by atoms with van der Waals surface area (Å²) in [5, 5.41) is 0. The molecule has 0 aliphatic carbocycles. The van der Waals surface area contributed by atoms with E-state index in [0.29, 0.717) is 0 Å². The van der Waals surface area contributed by atoms with E-state index in [2.05, 4.69) is 4.98 Å². The second kappa shape index (κ2) is 4.99. The zero-order valence-corrected chi connectivity index (χ0v) is 9.38. The molecule has 0 atom stereocenters. The molecule has 2 N–H and O–H groups in total. The first-order valence-electron chi connectivity index (χ1n) is 4.82. The van der Waals surface area contributed by atoms with Gasteiger partial charge < -0.3 is 5.73 Å². The highest BCUT2D eigenvalue weighted by Crippen LogP contribution is 2.24. The van der Waals surface area contributed by atoms with Crippen LogP contribution in [0.1, 0.15) is 5.56 Å². The molecule has 1 aromatic carbocycles. The summed E-state index contributed by atoms with van der Waals surface area (Å²) in [4.78, 5) is 4.89. The summed E-state index contributed by atoms with van der Waals surface area (Å²) in [7, 11) is 0. The van der Waals surface area contributed by atoms with Gasteiger partial charge in [0.15, 0.2) is 0 Å². The summed E-state index contributed by atoms with van der Waals surface area (Å²) in [5.74, 6) is 0.410. The number of nitrogens with zero attached hydrogens (tertiary/aromatic N) is 1. The molecular formula is C12H11FN2S. The Morgan fingerprint density at radius 2 is 2.19 bits per heavy atom. The number of halogens is 1. The molecule has 0 radical (unpaired) electrons. The van der Waals surface area contributed by atoms with Crippen molar-refractivity contribution in [2.45, 2.75) is 10.6 Å². The molecule has 1 aromatic heterocycles. The normalized spacial score (nSPS) is 10.3. The molecule has 16 heavy (non-hydrogen) atoms. The summed E-state index contributed by atoms with van der Waals surface area (Å²) in [6, 6.07) is 8.74. The molecule has 4 heteroatoms. The summed E-state index contributed by atoms with van der Waals surface area (Å²) in [6.45, 7) is 0. The molecule has 0 bridgehead atoms. The van der Waals surface area contributed by atoms with Crippen LogP contribution in [0.15, 0.2) is 47.6 Å². The lowest BCUT2D eigenvalue weighted by molar-refractivity contribution is 0.629. The van der Waals surface area contributed by atoms with Crippen LogP contribution in [-0.4, -0.2) is 4.98 Å². The average molecular weight is 234 g/mol. The van der Waals surface area contributed by atoms with Gasteiger partial charge in [0.1, 0.15) is 5.82 Å². The number of thioether (sulfide) groups is 1. The fraction of sp³-hybridized carbons (Fsp3) is 0.0833. The average Bonchev–Trinajstić information content (AvgIpc) is 2.32. The Hall–Kier alpha value is -1.55. The maximum atomic E-state index is 13.2. The van der Waals surface area contributed by atoms with Crippen LogP contribution in [0.3, 0.4) is 0 Å². The second-order valence-electron chi connectivity index (χ2n) is 3.33. The number of nitrogens with two attached hydrogens (primary N) is 1. The fourth-order valence-electron chi connectivity index (χ4n) is 1.25. The molecule has 1 heterocycles. The quantitative estimate of drug-likeness (QED) is 0.655. The van der Waals surface area contributed by atoms with E-state index in [1.807, 2.05) is 18.2 Å². The van der Waals surface area contributed by atoms with Gasteiger partial charge in [-0.05, 0) is 29.8 Å². The van der Waals surface area contributed by atoms with Gasteiger partial charge in [-0.15, -0.1) is 11.8 Å². The molecule has 0 aliphatic rings. The van der Waals surface area contributed by atoms with Crippen LogP contribution in [0.5, 0.6) is 0 Å². The summed E-state index contributed by atoms with van der Waals surface area (Å²) in [6.07, 6.45) is 3.54. The number of benzene rings is 1. The van der Waals surface area contributed by atoms with E-state index in [1.54, 1.807) is 30.2 Å². The van der Waals surface area contributed by atoms with Crippen LogP contribution in [0.2, 0.25) is 0 Å². The lowest BCUT2D eigenvalue weighted by Gasteiger charge is -2.03. The molecule has 0 saturated heterocycles. The first-order valence-corrected chi connectivity index (χ1v) is 5.81. The molecule has 2 aromatic rings. The minimum atomic E-state index is -0.365. The Labute approximate surface area is 97.7 Å². The van der Waals surface area contributed by atoms with Crippen LogP contribution in [0, 0.1) is 5.82 Å². The topological polar surface area (TPSA) is 38.9 Å². The van der Waals surface area contributed by atoms with E-state index >= 15 is 0 Å². The van der Waals surface area contributed by atoms with Gasteiger partial charge in [-0.1, -0.05) is 6.07 Å². The Kier molecular flexibility index (Phi) is 3.41. The van der Waals surface area contributed by atoms with Gasteiger partial charge in [0.2, 0.25) is 0 Å². The Balaban J connectivity index is 2.03. The largest absolute Gasteiger partial charge is 0.396 e. The van der Waals surface area contributed by atoms with Crippen LogP contribution in [0.25, 0.3) is 0 Å². The first-order chi connectivity index (χ1) is 7.75. The summed E-state index contributed by atoms with van der Waals surface area (Å²) < 4.78 is 13.2. The molecule has 2 nitrogen and oxygen atoms in total. The number of hydrogen-bond donors (Lipinski definition) is 1. The van der Waals surface area contributed by atoms with Gasteiger partial charge in [-0.3, -0.25) is 4.98 Å². The van der Waals surface area contributed by atoms with Gasteiger partial charge in [-0.25, -0.2) is 4.39 Å². The Bertz CT molecular complexity index is 474. The lowest BCUT2D eigenvalue weighted by atomic mass is 10.3. The predicted octanol–water partition coefficient (Wildman–Crippen LogP) is 3.10. The van der Waals surface area contributed by atoms with Crippen molar-refractivity contribution in [1.82, 2.24) is 4.98 Å². The monoisotopic (exact) mass is 234 g/mol. The molecule has 0 unspecified atom stereocenters. The number of anilines is 1. The smallest absolute Gasteiger partial charge is 0.147 e. The highest BCUT2D eigenvalue weighted by molar-refractivity contribution is 7.98. The fourth-order valence-corrected chi connectivity index (χ4v) is 2.10. The van der Waals surface area contributed by atoms with Crippen molar-refractivity contribution in [2.24, 2.45) is 0 Å². The molecule has 0 amide bonds. The maximum absolute atomic E-state index is 13.2. The maximum Gasteiger partial charge on any atom is 0.147 e. The predicted molar refractivity (Wildman–Crippen MR) is 64.6 cm³/mol. The standard InChI is InChI=1S/C12H11FN2S/c13-11-6-10(3-4-12(11)14)16-8-9-2-1-5-15-7-9/h1-7H,8,14H2. The van der Waals surface area contributed by atoms with Crippen molar-refractivity contribution >= 4 is 17.4 Å². The number of aromatic nitrogens is 1. The number of rotatable bonds is 3. The van der Waals surface area contributed by atoms with E-state index in [9.17, 15) is 4.39 Å². The van der Waals surface area contributed by atoms with Crippen LogP contribution in [0.4, 0.5) is 10.1 Å². The Morgan fingerprint density at radius 3 is 2.88 bits per heavy atom. The third-order valence-electron chi connectivity index (χ3n) is 2.10. The highest BCUT2D eigenvalue weighted by atomic mass is 32.2. The van der Waals surface area contributed by atoms with Gasteiger partial charge in [0.05, 0.1) is 5.69 Å². The van der Waals surface area contributed by atoms with Crippen molar-refractivity contribution in [1.29, 1.82) is 0 Å². The van der Waals surface area contributed by atoms with Crippen molar-refractivity contribution in [3.05, 3.63) is 54.1 Å². The van der Waals surface area contributed by atoms with E-state index in [4.69, 9.17) is 5.73 Å².